The molecular formula is C19H19N3O3S3. The molecule has 0 atom stereocenters. The summed E-state index contributed by atoms with van der Waals surface area (Å²) < 4.78 is 27.6. The Balaban J connectivity index is 1.59. The molecular weight excluding hydrogens is 414 g/mol. The molecule has 1 amide bonds. The predicted octanol–water partition coefficient (Wildman–Crippen LogP) is 4.30. The van der Waals surface area contributed by atoms with E-state index in [-0.39, 0.29) is 10.5 Å². The number of amides is 1. The van der Waals surface area contributed by atoms with Gasteiger partial charge in [0.25, 0.3) is 5.91 Å². The zero-order valence-electron chi connectivity index (χ0n) is 15.0. The number of benzene rings is 1. The number of thiazole rings is 1. The topological polar surface area (TPSA) is 79.4 Å². The highest BCUT2D eigenvalue weighted by molar-refractivity contribution is 7.89. The van der Waals surface area contributed by atoms with Gasteiger partial charge >= 0.3 is 0 Å². The van der Waals surface area contributed by atoms with Crippen molar-refractivity contribution in [3.05, 3.63) is 52.7 Å². The molecule has 3 aromatic rings. The predicted molar refractivity (Wildman–Crippen MR) is 112 cm³/mol. The lowest BCUT2D eigenvalue weighted by Gasteiger charge is -2.26. The molecule has 28 heavy (non-hydrogen) atoms. The first kappa shape index (κ1) is 19.3. The summed E-state index contributed by atoms with van der Waals surface area (Å²) in [7, 11) is -3.70. The molecule has 4 rings (SSSR count). The zero-order valence-corrected chi connectivity index (χ0v) is 17.4. The van der Waals surface area contributed by atoms with E-state index in [1.54, 1.807) is 29.5 Å². The first-order chi connectivity index (χ1) is 13.6. The fourth-order valence-electron chi connectivity index (χ4n) is 3.16. The molecule has 0 aliphatic carbocycles. The highest BCUT2D eigenvalue weighted by Crippen LogP contribution is 2.29. The number of hydrogen-bond donors (Lipinski definition) is 1. The quantitative estimate of drug-likeness (QED) is 0.651. The number of rotatable bonds is 5. The van der Waals surface area contributed by atoms with Gasteiger partial charge in [0.05, 0.1) is 21.0 Å². The number of aromatic nitrogens is 1. The van der Waals surface area contributed by atoms with Gasteiger partial charge in [0.2, 0.25) is 10.0 Å². The summed E-state index contributed by atoms with van der Waals surface area (Å²) in [5.41, 5.74) is 0.936. The van der Waals surface area contributed by atoms with Crippen LogP contribution in [0.5, 0.6) is 0 Å². The maximum atomic E-state index is 13.1. The molecule has 9 heteroatoms. The van der Waals surface area contributed by atoms with Crippen LogP contribution in [0, 0.1) is 0 Å². The largest absolute Gasteiger partial charge is 0.298 e. The zero-order chi connectivity index (χ0) is 19.6. The molecule has 2 aromatic heterocycles. The van der Waals surface area contributed by atoms with Crippen molar-refractivity contribution in [3.63, 3.8) is 0 Å². The van der Waals surface area contributed by atoms with Crippen molar-refractivity contribution in [1.82, 2.24) is 9.29 Å². The van der Waals surface area contributed by atoms with Crippen LogP contribution in [0.3, 0.4) is 0 Å². The SMILES string of the molecule is O=C(Nc1nc(-c2cccs2)cs1)c1ccccc1S(=O)(=O)N1CCCCC1. The van der Waals surface area contributed by atoms with Gasteiger partial charge in [-0.15, -0.1) is 22.7 Å². The number of sulfonamides is 1. The molecule has 0 radical (unpaired) electrons. The van der Waals surface area contributed by atoms with E-state index >= 15 is 0 Å². The Bertz CT molecular complexity index is 1070. The lowest BCUT2D eigenvalue weighted by Crippen LogP contribution is -2.36. The van der Waals surface area contributed by atoms with E-state index in [0.717, 1.165) is 29.8 Å². The third-order valence-corrected chi connectivity index (χ3v) is 8.17. The average molecular weight is 434 g/mol. The number of nitrogens with zero attached hydrogens (tertiary/aromatic N) is 2. The molecule has 146 valence electrons. The van der Waals surface area contributed by atoms with Gasteiger partial charge < -0.3 is 0 Å². The minimum Gasteiger partial charge on any atom is -0.298 e. The molecule has 0 bridgehead atoms. The summed E-state index contributed by atoms with van der Waals surface area (Å²) in [6.45, 7) is 0.990. The molecule has 0 unspecified atom stereocenters. The fourth-order valence-corrected chi connectivity index (χ4v) is 6.33. The van der Waals surface area contributed by atoms with Crippen LogP contribution in [0.2, 0.25) is 0 Å². The van der Waals surface area contributed by atoms with Crippen molar-refractivity contribution in [1.29, 1.82) is 0 Å². The summed E-state index contributed by atoms with van der Waals surface area (Å²) in [5, 5.41) is 7.03. The van der Waals surface area contributed by atoms with E-state index in [4.69, 9.17) is 0 Å². The van der Waals surface area contributed by atoms with Gasteiger partial charge in [0.15, 0.2) is 5.13 Å². The molecule has 1 aliphatic rings. The van der Waals surface area contributed by atoms with E-state index in [9.17, 15) is 13.2 Å². The molecule has 0 saturated carbocycles. The van der Waals surface area contributed by atoms with Gasteiger partial charge in [0, 0.05) is 18.5 Å². The third kappa shape index (κ3) is 3.88. The number of carbonyl (C=O) groups excluding carboxylic acids is 1. The molecule has 1 saturated heterocycles. The second-order valence-electron chi connectivity index (χ2n) is 6.43. The highest BCUT2D eigenvalue weighted by Gasteiger charge is 2.30. The van der Waals surface area contributed by atoms with Crippen LogP contribution in [0.4, 0.5) is 5.13 Å². The summed E-state index contributed by atoms with van der Waals surface area (Å²) in [5.74, 6) is -0.469. The maximum Gasteiger partial charge on any atom is 0.258 e. The Morgan fingerprint density at radius 2 is 1.82 bits per heavy atom. The van der Waals surface area contributed by atoms with Crippen LogP contribution in [0.15, 0.2) is 52.1 Å². The number of thiophene rings is 1. The lowest BCUT2D eigenvalue weighted by molar-refractivity contribution is 0.102. The number of nitrogens with one attached hydrogen (secondary N) is 1. The smallest absolute Gasteiger partial charge is 0.258 e. The van der Waals surface area contributed by atoms with Crippen molar-refractivity contribution in [2.45, 2.75) is 24.2 Å². The average Bonchev–Trinajstić information content (AvgIpc) is 3.40. The van der Waals surface area contributed by atoms with Crippen molar-refractivity contribution in [3.8, 4) is 10.6 Å². The summed E-state index contributed by atoms with van der Waals surface area (Å²) >= 11 is 2.89. The van der Waals surface area contributed by atoms with Gasteiger partial charge in [-0.2, -0.15) is 4.31 Å². The van der Waals surface area contributed by atoms with Crippen LogP contribution in [-0.2, 0) is 10.0 Å². The van der Waals surface area contributed by atoms with Gasteiger partial charge in [-0.3, -0.25) is 10.1 Å². The van der Waals surface area contributed by atoms with Crippen LogP contribution in [0.1, 0.15) is 29.6 Å². The lowest BCUT2D eigenvalue weighted by atomic mass is 10.2. The van der Waals surface area contributed by atoms with Gasteiger partial charge in [0.1, 0.15) is 0 Å². The van der Waals surface area contributed by atoms with E-state index in [1.807, 2.05) is 22.9 Å². The van der Waals surface area contributed by atoms with E-state index < -0.39 is 15.9 Å². The van der Waals surface area contributed by atoms with Gasteiger partial charge in [-0.05, 0) is 36.4 Å². The molecule has 3 heterocycles. The van der Waals surface area contributed by atoms with Crippen LogP contribution < -0.4 is 5.32 Å². The van der Waals surface area contributed by atoms with Crippen LogP contribution in [-0.4, -0.2) is 36.7 Å². The maximum absolute atomic E-state index is 13.1. The highest BCUT2D eigenvalue weighted by atomic mass is 32.2. The Hall–Kier alpha value is -2.07. The molecule has 1 aromatic carbocycles. The fraction of sp³-hybridized carbons (Fsp3) is 0.263. The van der Waals surface area contributed by atoms with E-state index in [2.05, 4.69) is 10.3 Å². The molecule has 1 N–H and O–H groups in total. The van der Waals surface area contributed by atoms with Crippen molar-refractivity contribution < 1.29 is 13.2 Å². The number of carbonyl (C=O) groups is 1. The Kier molecular flexibility index (Phi) is 5.58. The standard InChI is InChI=1S/C19H19N3O3S3/c23-18(21-19-20-15(13-27-19)16-8-6-12-26-16)14-7-2-3-9-17(14)28(24,25)22-10-4-1-5-11-22/h2-3,6-9,12-13H,1,4-5,10-11H2,(H,20,21,23). The van der Waals surface area contributed by atoms with Crippen molar-refractivity contribution in [2.24, 2.45) is 0 Å². The van der Waals surface area contributed by atoms with Gasteiger partial charge in [-0.1, -0.05) is 24.6 Å². The Morgan fingerprint density at radius 3 is 2.57 bits per heavy atom. The van der Waals surface area contributed by atoms with Crippen LogP contribution in [0.25, 0.3) is 10.6 Å². The monoisotopic (exact) mass is 433 g/mol. The molecule has 6 nitrogen and oxygen atoms in total. The Labute approximate surface area is 171 Å². The summed E-state index contributed by atoms with van der Waals surface area (Å²) in [6.07, 6.45) is 2.72. The Morgan fingerprint density at radius 1 is 1.04 bits per heavy atom. The second kappa shape index (κ2) is 8.12. The second-order valence-corrected chi connectivity index (χ2v) is 10.1. The third-order valence-electron chi connectivity index (χ3n) is 4.56. The van der Waals surface area contributed by atoms with Crippen molar-refractivity contribution >= 4 is 43.7 Å². The van der Waals surface area contributed by atoms with Gasteiger partial charge in [-0.25, -0.2) is 13.4 Å². The first-order valence-electron chi connectivity index (χ1n) is 8.95. The molecule has 0 spiro atoms. The summed E-state index contributed by atoms with van der Waals surface area (Å²) in [6, 6.07) is 10.3. The minimum atomic E-state index is -3.70. The van der Waals surface area contributed by atoms with E-state index in [1.165, 1.54) is 21.7 Å². The van der Waals surface area contributed by atoms with E-state index in [0.29, 0.717) is 18.2 Å². The number of hydrogen-bond acceptors (Lipinski definition) is 6. The normalized spacial score (nSPS) is 15.4. The van der Waals surface area contributed by atoms with Crippen LogP contribution >= 0.6 is 22.7 Å². The number of anilines is 1. The molecule has 1 fully saturated rings. The minimum absolute atomic E-state index is 0.0458. The molecule has 1 aliphatic heterocycles. The van der Waals surface area contributed by atoms with Crippen molar-refractivity contribution in [2.75, 3.05) is 18.4 Å². The summed E-state index contributed by atoms with van der Waals surface area (Å²) in [4.78, 5) is 18.3. The number of piperidine rings is 1. The first-order valence-corrected chi connectivity index (χ1v) is 12.2.